The van der Waals surface area contributed by atoms with E-state index >= 15 is 0 Å². The number of hydrogen-bond acceptors (Lipinski definition) is 7. The van der Waals surface area contributed by atoms with E-state index < -0.39 is 26.5 Å². The lowest BCUT2D eigenvalue weighted by Crippen LogP contribution is -2.37. The van der Waals surface area contributed by atoms with Gasteiger partial charge >= 0.3 is 19.8 Å². The Labute approximate surface area is 556 Å². The molecule has 0 aromatic carbocycles. The zero-order valence-electron chi connectivity index (χ0n) is 59.1. The molecule has 0 fully saturated rings. The molecule has 0 aliphatic carbocycles. The number of esters is 2. The number of likely N-dealkylation sites (N-methyl/N-ethyl adjacent to an activating group) is 1. The summed E-state index contributed by atoms with van der Waals surface area (Å²) >= 11 is 0. The van der Waals surface area contributed by atoms with Crippen molar-refractivity contribution >= 4 is 19.8 Å². The predicted octanol–water partition coefficient (Wildman–Crippen LogP) is 24.6. The summed E-state index contributed by atoms with van der Waals surface area (Å²) < 4.78 is 34.8. The molecular weight excluding hydrogens is 1130 g/mol. The molecule has 518 valence electrons. The highest BCUT2D eigenvalue weighted by Gasteiger charge is 2.27. The molecule has 0 rings (SSSR count). The van der Waals surface area contributed by atoms with E-state index in [1.807, 2.05) is 21.1 Å². The molecule has 0 radical (unpaired) electrons. The number of hydrogen-bond donors (Lipinski definition) is 1. The molecule has 0 amide bonds. The minimum atomic E-state index is -4.40. The standard InChI is InChI=1S/C80H140NO8P/c1-6-8-10-12-14-16-18-20-22-24-26-28-30-32-34-36-38-40-42-44-46-48-50-52-54-56-58-60-62-64-66-68-70-72-79(82)86-76-78(77-88-90(84,85)87-75-74-81(3,4)5)89-80(83)73-71-69-67-65-63-61-59-57-55-53-51-49-47-45-43-41-39-37-35-33-31-29-27-25-23-21-19-17-15-13-11-9-7-2/h9,11,15,17-18,20-21,23-24,26-27,29-30,32-33,35,39,41,45,47,78H,6-8,10,12-14,16,19,22,25,28,31,34,36-38,40,42-44,46,48-77H2,1-5H3/p+1/b11-9-,17-15-,20-18-,23-21-,26-24-,29-27-,32-30-,35-33-,41-39-,47-45-. The average molecular weight is 1280 g/mol. The highest BCUT2D eigenvalue weighted by molar-refractivity contribution is 7.47. The van der Waals surface area contributed by atoms with Crippen molar-refractivity contribution < 1.29 is 42.1 Å². The van der Waals surface area contributed by atoms with Crippen molar-refractivity contribution in [1.82, 2.24) is 0 Å². The maximum atomic E-state index is 12.9. The van der Waals surface area contributed by atoms with E-state index in [1.165, 1.54) is 186 Å². The Morgan fingerprint density at radius 1 is 0.356 bits per heavy atom. The van der Waals surface area contributed by atoms with Gasteiger partial charge in [0.05, 0.1) is 27.7 Å². The molecule has 0 bridgehead atoms. The predicted molar refractivity (Wildman–Crippen MR) is 390 cm³/mol. The van der Waals surface area contributed by atoms with Gasteiger partial charge in [0.2, 0.25) is 0 Å². The van der Waals surface area contributed by atoms with Crippen LogP contribution in [0.4, 0.5) is 0 Å². The van der Waals surface area contributed by atoms with Gasteiger partial charge in [-0.3, -0.25) is 18.6 Å². The summed E-state index contributed by atoms with van der Waals surface area (Å²) in [7, 11) is 1.47. The molecule has 0 spiro atoms. The van der Waals surface area contributed by atoms with Gasteiger partial charge in [0.15, 0.2) is 6.10 Å². The number of carbonyl (C=O) groups excluding carboxylic acids is 2. The first-order valence-electron chi connectivity index (χ1n) is 37.3. The quantitative estimate of drug-likeness (QED) is 0.0211. The number of rotatable bonds is 68. The Hall–Kier alpha value is -3.59. The molecule has 1 N–H and O–H groups in total. The van der Waals surface area contributed by atoms with Crippen LogP contribution in [0.3, 0.4) is 0 Å². The molecule has 90 heavy (non-hydrogen) atoms. The summed E-state index contributed by atoms with van der Waals surface area (Å²) in [4.78, 5) is 35.9. The molecule has 10 heteroatoms. The van der Waals surface area contributed by atoms with Crippen molar-refractivity contribution in [2.75, 3.05) is 47.5 Å². The minimum Gasteiger partial charge on any atom is -0.462 e. The van der Waals surface area contributed by atoms with E-state index in [2.05, 4.69) is 135 Å². The first kappa shape index (κ1) is 86.4. The summed E-state index contributed by atoms with van der Waals surface area (Å²) in [5, 5.41) is 0. The van der Waals surface area contributed by atoms with Crippen LogP contribution in [0.15, 0.2) is 122 Å². The number of quaternary nitrogens is 1. The van der Waals surface area contributed by atoms with Gasteiger partial charge in [0.25, 0.3) is 0 Å². The lowest BCUT2D eigenvalue weighted by atomic mass is 10.0. The van der Waals surface area contributed by atoms with Crippen molar-refractivity contribution in [2.45, 2.75) is 328 Å². The number of carbonyl (C=O) groups is 2. The van der Waals surface area contributed by atoms with Crippen LogP contribution < -0.4 is 0 Å². The van der Waals surface area contributed by atoms with Crippen LogP contribution in [0.5, 0.6) is 0 Å². The van der Waals surface area contributed by atoms with Gasteiger partial charge in [-0.15, -0.1) is 0 Å². The Bertz CT molecular complexity index is 1940. The number of nitrogens with zero attached hydrogens (tertiary/aromatic N) is 1. The van der Waals surface area contributed by atoms with Gasteiger partial charge in [0.1, 0.15) is 19.8 Å². The van der Waals surface area contributed by atoms with Gasteiger partial charge in [-0.25, -0.2) is 4.57 Å². The van der Waals surface area contributed by atoms with Crippen molar-refractivity contribution in [3.05, 3.63) is 122 Å². The van der Waals surface area contributed by atoms with Crippen LogP contribution in [0, 0.1) is 0 Å². The molecule has 0 aromatic heterocycles. The third-order valence-corrected chi connectivity index (χ3v) is 17.0. The van der Waals surface area contributed by atoms with Crippen molar-refractivity contribution in [2.24, 2.45) is 0 Å². The van der Waals surface area contributed by atoms with Gasteiger partial charge in [0, 0.05) is 12.8 Å². The van der Waals surface area contributed by atoms with Gasteiger partial charge in [-0.1, -0.05) is 322 Å². The number of allylic oxidation sites excluding steroid dienone is 20. The van der Waals surface area contributed by atoms with Crippen molar-refractivity contribution in [1.29, 1.82) is 0 Å². The number of phosphoric ester groups is 1. The van der Waals surface area contributed by atoms with E-state index in [9.17, 15) is 19.0 Å². The van der Waals surface area contributed by atoms with E-state index in [1.54, 1.807) is 0 Å². The normalized spacial score (nSPS) is 13.8. The smallest absolute Gasteiger partial charge is 0.462 e. The third-order valence-electron chi connectivity index (χ3n) is 16.0. The Morgan fingerprint density at radius 2 is 0.633 bits per heavy atom. The lowest BCUT2D eigenvalue weighted by molar-refractivity contribution is -0.870. The van der Waals surface area contributed by atoms with Crippen molar-refractivity contribution in [3.8, 4) is 0 Å². The summed E-state index contributed by atoms with van der Waals surface area (Å²) in [5.41, 5.74) is 0. The zero-order chi connectivity index (χ0) is 65.5. The summed E-state index contributed by atoms with van der Waals surface area (Å²) in [6.45, 7) is 4.33. The monoisotopic (exact) mass is 1280 g/mol. The lowest BCUT2D eigenvalue weighted by Gasteiger charge is -2.24. The second-order valence-electron chi connectivity index (χ2n) is 25.9. The average Bonchev–Trinajstić information content (AvgIpc) is 3.58. The Morgan fingerprint density at radius 3 is 0.944 bits per heavy atom. The molecule has 2 atom stereocenters. The first-order valence-corrected chi connectivity index (χ1v) is 38.8. The molecule has 0 heterocycles. The van der Waals surface area contributed by atoms with E-state index in [-0.39, 0.29) is 32.0 Å². The molecule has 0 saturated carbocycles. The maximum absolute atomic E-state index is 12.9. The fraction of sp³-hybridized carbons (Fsp3) is 0.725. The van der Waals surface area contributed by atoms with Crippen molar-refractivity contribution in [3.63, 3.8) is 0 Å². The van der Waals surface area contributed by atoms with Crippen LogP contribution in [0.1, 0.15) is 322 Å². The van der Waals surface area contributed by atoms with Crippen LogP contribution in [0.25, 0.3) is 0 Å². The van der Waals surface area contributed by atoms with Gasteiger partial charge in [-0.2, -0.15) is 0 Å². The van der Waals surface area contributed by atoms with E-state index in [0.717, 1.165) is 103 Å². The van der Waals surface area contributed by atoms with E-state index in [4.69, 9.17) is 18.5 Å². The molecule has 2 unspecified atom stereocenters. The highest BCUT2D eigenvalue weighted by atomic mass is 31.2. The number of ether oxygens (including phenoxy) is 2. The fourth-order valence-corrected chi connectivity index (χ4v) is 11.0. The molecule has 0 aliphatic rings. The fourth-order valence-electron chi connectivity index (χ4n) is 10.3. The topological polar surface area (TPSA) is 108 Å². The molecule has 9 nitrogen and oxygen atoms in total. The van der Waals surface area contributed by atoms with Crippen LogP contribution >= 0.6 is 7.82 Å². The largest absolute Gasteiger partial charge is 0.472 e. The molecular formula is C80H141NO8P+. The van der Waals surface area contributed by atoms with E-state index in [0.29, 0.717) is 17.4 Å². The summed E-state index contributed by atoms with van der Waals surface area (Å²) in [6, 6.07) is 0. The van der Waals surface area contributed by atoms with Gasteiger partial charge < -0.3 is 18.9 Å². The third kappa shape index (κ3) is 73.5. The molecule has 0 saturated heterocycles. The molecule has 0 aliphatic heterocycles. The van der Waals surface area contributed by atoms with Crippen LogP contribution in [-0.4, -0.2) is 74.9 Å². The maximum Gasteiger partial charge on any atom is 0.472 e. The zero-order valence-corrected chi connectivity index (χ0v) is 60.0. The second-order valence-corrected chi connectivity index (χ2v) is 27.4. The van der Waals surface area contributed by atoms with Crippen LogP contribution in [0.2, 0.25) is 0 Å². The summed E-state index contributed by atoms with van der Waals surface area (Å²) in [6.07, 6.45) is 100. The number of unbranched alkanes of at least 4 members (excludes halogenated alkanes) is 34. The summed E-state index contributed by atoms with van der Waals surface area (Å²) in [5.74, 6) is -0.795. The van der Waals surface area contributed by atoms with Crippen LogP contribution in [-0.2, 0) is 32.7 Å². The Kier molecular flexibility index (Phi) is 67.0. The minimum absolute atomic E-state index is 0.0272. The highest BCUT2D eigenvalue weighted by Crippen LogP contribution is 2.43. The SMILES string of the molecule is CC/C=C\C/C=C\C/C=C\C/C=C\C/C=C\C/C=C\C/C=C\CCCCCCCCCCCCCC(=O)OC(COC(=O)CCCCCCCCCCCCCCCCCCCC/C=C\C/C=C\C/C=C\CCCCCCC)COP(=O)(O)OCC[N+](C)(C)C. The van der Waals surface area contributed by atoms with Gasteiger partial charge in [-0.05, 0) is 109 Å². The Balaban J connectivity index is 4.04. The first-order chi connectivity index (χ1) is 44.0. The number of phosphoric acid groups is 1. The molecule has 0 aromatic rings. The second kappa shape index (κ2) is 69.7.